The molecular formula is C24H38N4O3. The number of amides is 2. The number of anilines is 1. The van der Waals surface area contributed by atoms with Crippen molar-refractivity contribution in [2.45, 2.75) is 58.5 Å². The molecule has 1 atom stereocenters. The average molecular weight is 431 g/mol. The monoisotopic (exact) mass is 430 g/mol. The molecule has 7 nitrogen and oxygen atoms in total. The predicted octanol–water partition coefficient (Wildman–Crippen LogP) is 2.72. The third kappa shape index (κ3) is 6.94. The molecule has 1 aliphatic carbocycles. The van der Waals surface area contributed by atoms with Crippen LogP contribution < -0.4 is 15.4 Å². The SMILES string of the molecule is CCOc1ccccc1NC(=O)C(C)N1CCN(CC(=O)NC2CCC(C)CC2)CC1. The summed E-state index contributed by atoms with van der Waals surface area (Å²) >= 11 is 0. The second-order valence-corrected chi connectivity index (χ2v) is 8.93. The molecule has 2 fully saturated rings. The van der Waals surface area contributed by atoms with Gasteiger partial charge >= 0.3 is 0 Å². The van der Waals surface area contributed by atoms with Gasteiger partial charge in [-0.25, -0.2) is 0 Å². The highest BCUT2D eigenvalue weighted by molar-refractivity contribution is 5.95. The smallest absolute Gasteiger partial charge is 0.241 e. The quantitative estimate of drug-likeness (QED) is 0.663. The van der Waals surface area contributed by atoms with Crippen molar-refractivity contribution in [2.75, 3.05) is 44.6 Å². The number of nitrogens with one attached hydrogen (secondary N) is 2. The Kier molecular flexibility index (Phi) is 8.72. The molecule has 0 radical (unpaired) electrons. The summed E-state index contributed by atoms with van der Waals surface area (Å²) < 4.78 is 5.60. The standard InChI is InChI=1S/C24H38N4O3/c1-4-31-22-8-6-5-7-21(22)26-24(30)19(3)28-15-13-27(14-16-28)17-23(29)25-20-11-9-18(2)10-12-20/h5-8,18-20H,4,9-17H2,1-3H3,(H,25,29)(H,26,30). The van der Waals surface area contributed by atoms with Crippen molar-refractivity contribution in [3.63, 3.8) is 0 Å². The number of ether oxygens (including phenoxy) is 1. The number of carbonyl (C=O) groups is 2. The summed E-state index contributed by atoms with van der Waals surface area (Å²) in [6, 6.07) is 7.61. The van der Waals surface area contributed by atoms with Crippen molar-refractivity contribution >= 4 is 17.5 Å². The van der Waals surface area contributed by atoms with Crippen LogP contribution in [0.15, 0.2) is 24.3 Å². The van der Waals surface area contributed by atoms with E-state index in [1.165, 1.54) is 12.8 Å². The summed E-state index contributed by atoms with van der Waals surface area (Å²) in [5.41, 5.74) is 0.702. The van der Waals surface area contributed by atoms with E-state index in [0.29, 0.717) is 30.6 Å². The molecule has 31 heavy (non-hydrogen) atoms. The van der Waals surface area contributed by atoms with E-state index in [2.05, 4.69) is 27.4 Å². The van der Waals surface area contributed by atoms with Crippen LogP contribution in [0.3, 0.4) is 0 Å². The highest BCUT2D eigenvalue weighted by Crippen LogP contribution is 2.25. The number of hydrogen-bond acceptors (Lipinski definition) is 5. The first-order valence-corrected chi connectivity index (χ1v) is 11.7. The number of benzene rings is 1. The molecule has 2 aliphatic rings. The largest absolute Gasteiger partial charge is 0.492 e. The van der Waals surface area contributed by atoms with Crippen LogP contribution in [0.2, 0.25) is 0 Å². The predicted molar refractivity (Wildman–Crippen MR) is 123 cm³/mol. The maximum Gasteiger partial charge on any atom is 0.241 e. The van der Waals surface area contributed by atoms with E-state index in [9.17, 15) is 9.59 Å². The Morgan fingerprint density at radius 3 is 2.45 bits per heavy atom. The highest BCUT2D eigenvalue weighted by atomic mass is 16.5. The molecule has 2 amide bonds. The Morgan fingerprint density at radius 2 is 1.77 bits per heavy atom. The maximum atomic E-state index is 12.8. The number of nitrogens with zero attached hydrogens (tertiary/aromatic N) is 2. The Hall–Kier alpha value is -2.12. The van der Waals surface area contributed by atoms with Crippen molar-refractivity contribution in [3.8, 4) is 5.75 Å². The molecule has 0 bridgehead atoms. The van der Waals surface area contributed by atoms with Crippen LogP contribution in [0, 0.1) is 5.92 Å². The summed E-state index contributed by atoms with van der Waals surface area (Å²) in [7, 11) is 0. The van der Waals surface area contributed by atoms with E-state index in [0.717, 1.165) is 44.9 Å². The molecule has 1 saturated heterocycles. The zero-order valence-electron chi connectivity index (χ0n) is 19.2. The first-order valence-electron chi connectivity index (χ1n) is 11.7. The number of piperazine rings is 1. The van der Waals surface area contributed by atoms with Crippen LogP contribution in [0.5, 0.6) is 5.75 Å². The molecule has 1 aliphatic heterocycles. The molecule has 1 saturated carbocycles. The van der Waals surface area contributed by atoms with Gasteiger partial charge in [0.05, 0.1) is 24.9 Å². The summed E-state index contributed by atoms with van der Waals surface area (Å²) in [6.07, 6.45) is 4.61. The second-order valence-electron chi connectivity index (χ2n) is 8.93. The third-order valence-electron chi connectivity index (χ3n) is 6.53. The molecule has 0 aromatic heterocycles. The lowest BCUT2D eigenvalue weighted by atomic mass is 9.87. The zero-order chi connectivity index (χ0) is 22.2. The Morgan fingerprint density at radius 1 is 1.10 bits per heavy atom. The fourth-order valence-electron chi connectivity index (χ4n) is 4.44. The van der Waals surface area contributed by atoms with Crippen LogP contribution in [0.1, 0.15) is 46.5 Å². The van der Waals surface area contributed by atoms with E-state index < -0.39 is 0 Å². The van der Waals surface area contributed by atoms with Gasteiger partial charge in [0.1, 0.15) is 5.75 Å². The van der Waals surface area contributed by atoms with Gasteiger partial charge in [0.25, 0.3) is 0 Å². The first kappa shape index (κ1) is 23.5. The minimum absolute atomic E-state index is 0.0372. The van der Waals surface area contributed by atoms with Crippen LogP contribution in [0.4, 0.5) is 5.69 Å². The average Bonchev–Trinajstić information content (AvgIpc) is 2.77. The van der Waals surface area contributed by atoms with E-state index in [-0.39, 0.29) is 17.9 Å². The maximum absolute atomic E-state index is 12.8. The normalized spacial score (nSPS) is 23.7. The van der Waals surface area contributed by atoms with Crippen LogP contribution >= 0.6 is 0 Å². The van der Waals surface area contributed by atoms with Crippen molar-refractivity contribution in [3.05, 3.63) is 24.3 Å². The Bertz CT molecular complexity index is 725. The first-order chi connectivity index (χ1) is 15.0. The number of para-hydroxylation sites is 2. The fraction of sp³-hybridized carbons (Fsp3) is 0.667. The molecule has 1 aromatic rings. The molecule has 3 rings (SSSR count). The summed E-state index contributed by atoms with van der Waals surface area (Å²) in [4.78, 5) is 29.6. The molecule has 2 N–H and O–H groups in total. The van der Waals surface area contributed by atoms with Gasteiger partial charge in [0, 0.05) is 32.2 Å². The second kappa shape index (κ2) is 11.5. The number of hydrogen-bond donors (Lipinski definition) is 2. The van der Waals surface area contributed by atoms with Crippen molar-refractivity contribution in [1.82, 2.24) is 15.1 Å². The molecule has 7 heteroatoms. The molecule has 1 heterocycles. The molecule has 1 aromatic carbocycles. The lowest BCUT2D eigenvalue weighted by Gasteiger charge is -2.37. The van der Waals surface area contributed by atoms with Gasteiger partial charge in [-0.3, -0.25) is 19.4 Å². The van der Waals surface area contributed by atoms with Gasteiger partial charge in [-0.05, 0) is 57.6 Å². The van der Waals surface area contributed by atoms with Gasteiger partial charge in [-0.15, -0.1) is 0 Å². The summed E-state index contributed by atoms with van der Waals surface area (Å²) in [5.74, 6) is 1.57. The van der Waals surface area contributed by atoms with Crippen LogP contribution in [-0.4, -0.2) is 73.0 Å². The summed E-state index contributed by atoms with van der Waals surface area (Å²) in [5, 5.41) is 6.21. The van der Waals surface area contributed by atoms with Gasteiger partial charge in [0.2, 0.25) is 11.8 Å². The highest BCUT2D eigenvalue weighted by Gasteiger charge is 2.27. The Balaban J connectivity index is 1.41. The minimum Gasteiger partial charge on any atom is -0.492 e. The van der Waals surface area contributed by atoms with Crippen molar-refractivity contribution < 1.29 is 14.3 Å². The lowest BCUT2D eigenvalue weighted by molar-refractivity contribution is -0.125. The van der Waals surface area contributed by atoms with E-state index in [4.69, 9.17) is 4.74 Å². The van der Waals surface area contributed by atoms with Crippen molar-refractivity contribution in [1.29, 1.82) is 0 Å². The molecule has 0 spiro atoms. The van der Waals surface area contributed by atoms with E-state index in [1.54, 1.807) is 0 Å². The van der Waals surface area contributed by atoms with Crippen LogP contribution in [0.25, 0.3) is 0 Å². The molecule has 1 unspecified atom stereocenters. The van der Waals surface area contributed by atoms with Gasteiger partial charge in [-0.1, -0.05) is 19.1 Å². The molecular weight excluding hydrogens is 392 g/mol. The number of carbonyl (C=O) groups excluding carboxylic acids is 2. The topological polar surface area (TPSA) is 73.9 Å². The zero-order valence-corrected chi connectivity index (χ0v) is 19.2. The van der Waals surface area contributed by atoms with Crippen LogP contribution in [-0.2, 0) is 9.59 Å². The molecule has 172 valence electrons. The van der Waals surface area contributed by atoms with Gasteiger partial charge in [-0.2, -0.15) is 0 Å². The summed E-state index contributed by atoms with van der Waals surface area (Å²) in [6.45, 7) is 10.3. The minimum atomic E-state index is -0.241. The van der Waals surface area contributed by atoms with Gasteiger partial charge in [0.15, 0.2) is 0 Å². The third-order valence-corrected chi connectivity index (χ3v) is 6.53. The van der Waals surface area contributed by atoms with Gasteiger partial charge < -0.3 is 15.4 Å². The Labute approximate surface area is 186 Å². The number of rotatable bonds is 8. The fourth-order valence-corrected chi connectivity index (χ4v) is 4.44. The van der Waals surface area contributed by atoms with Crippen molar-refractivity contribution in [2.24, 2.45) is 5.92 Å². The van der Waals surface area contributed by atoms with E-state index in [1.807, 2.05) is 38.1 Å². The lowest BCUT2D eigenvalue weighted by Crippen LogP contribution is -2.54. The van der Waals surface area contributed by atoms with E-state index >= 15 is 0 Å².